The van der Waals surface area contributed by atoms with Crippen LogP contribution in [0.3, 0.4) is 0 Å². The normalized spacial score (nSPS) is 48.6. The fraction of sp³-hybridized carbons (Fsp3) is 0.778. The largest absolute Gasteiger partial charge is 0.459 e. The summed E-state index contributed by atoms with van der Waals surface area (Å²) in [5.74, 6) is -5.08. The number of fused-ring (bicyclic) bond motifs is 2. The molecule has 4 N–H and O–H groups in total. The average Bonchev–Trinajstić information content (AvgIpc) is 3.11. The molecule has 12 atom stereocenters. The molecule has 0 aromatic heterocycles. The zero-order valence-electron chi connectivity index (χ0n) is 22.5. The van der Waals surface area contributed by atoms with Gasteiger partial charge in [0.15, 0.2) is 18.0 Å². The molecule has 0 aromatic rings. The van der Waals surface area contributed by atoms with Crippen molar-refractivity contribution in [1.29, 1.82) is 0 Å². The first-order valence-electron chi connectivity index (χ1n) is 13.1. The van der Waals surface area contributed by atoms with Crippen LogP contribution in [0.5, 0.6) is 0 Å². The molecule has 2 saturated heterocycles. The summed E-state index contributed by atoms with van der Waals surface area (Å²) in [5, 5.41) is 31.9. The van der Waals surface area contributed by atoms with Crippen LogP contribution < -0.4 is 0 Å². The second-order valence-electron chi connectivity index (χ2n) is 12.3. The van der Waals surface area contributed by atoms with Gasteiger partial charge in [-0.2, -0.15) is 0 Å². The van der Waals surface area contributed by atoms with Crippen molar-refractivity contribution in [2.24, 2.45) is 28.6 Å². The summed E-state index contributed by atoms with van der Waals surface area (Å²) < 4.78 is 23.2. The molecule has 0 unspecified atom stereocenters. The maximum absolute atomic E-state index is 13.5. The highest BCUT2D eigenvalue weighted by Gasteiger charge is 2.84. The van der Waals surface area contributed by atoms with E-state index in [0.717, 1.165) is 6.92 Å². The summed E-state index contributed by atoms with van der Waals surface area (Å²) in [6, 6.07) is 0. The summed E-state index contributed by atoms with van der Waals surface area (Å²) in [5.41, 5.74) is -4.68. The number of allylic oxidation sites excluding steroid dienone is 1. The Labute approximate surface area is 220 Å². The highest BCUT2D eigenvalue weighted by Crippen LogP contribution is 2.72. The highest BCUT2D eigenvalue weighted by molar-refractivity contribution is 5.96. The topological polar surface area (TPSA) is 169 Å². The van der Waals surface area contributed by atoms with Crippen molar-refractivity contribution in [2.75, 3.05) is 6.61 Å². The number of carbonyl (C=O) groups is 4. The maximum Gasteiger partial charge on any atom is 0.351 e. The summed E-state index contributed by atoms with van der Waals surface area (Å²) >= 11 is 0. The molecule has 1 spiro atoms. The molecule has 38 heavy (non-hydrogen) atoms. The molecule has 11 nitrogen and oxygen atoms in total. The van der Waals surface area contributed by atoms with Gasteiger partial charge in [0, 0.05) is 12.3 Å². The molecule has 11 heteroatoms. The second-order valence-corrected chi connectivity index (χ2v) is 12.3. The Balaban J connectivity index is 1.65. The zero-order valence-corrected chi connectivity index (χ0v) is 22.5. The second kappa shape index (κ2) is 8.33. The summed E-state index contributed by atoms with van der Waals surface area (Å²) in [6.07, 6.45) is -4.55. The van der Waals surface area contributed by atoms with Gasteiger partial charge < -0.3 is 34.3 Å². The molecule has 0 radical (unpaired) electrons. The number of ketones is 1. The first-order valence-corrected chi connectivity index (χ1v) is 13.1. The fourth-order valence-electron chi connectivity index (χ4n) is 8.55. The van der Waals surface area contributed by atoms with Gasteiger partial charge in [-0.05, 0) is 45.6 Å². The molecule has 0 amide bonds. The number of carbonyl (C=O) groups excluding carboxylic acids is 4. The maximum atomic E-state index is 13.5. The SMILES string of the molecule is CC[C@@](C)(OC(C)=O)C(=O)O[C@H]1C(=O)O[C@@H]2C[C@H]3C(C)=CC(=O)[C@@H](O)[C@]3(C)[C@H]3[C@@H]([OH2+])[C@H](O)[C@@]4(C)OC[C@]32[C@@H]14. The van der Waals surface area contributed by atoms with Crippen LogP contribution >= 0.6 is 0 Å². The van der Waals surface area contributed by atoms with E-state index in [4.69, 9.17) is 24.1 Å². The predicted octanol–water partition coefficient (Wildman–Crippen LogP) is -0.0531. The van der Waals surface area contributed by atoms with Crippen molar-refractivity contribution in [3.05, 3.63) is 11.6 Å². The number of hydrogen-bond donors (Lipinski definition) is 2. The molecule has 4 fully saturated rings. The zero-order chi connectivity index (χ0) is 28.2. The monoisotopic (exact) mass is 537 g/mol. The Kier molecular flexibility index (Phi) is 5.97. The molecule has 5 rings (SSSR count). The lowest BCUT2D eigenvalue weighted by molar-refractivity contribution is -0.298. The van der Waals surface area contributed by atoms with Gasteiger partial charge in [0.2, 0.25) is 11.7 Å². The Hall–Kier alpha value is -2.34. The van der Waals surface area contributed by atoms with Crippen molar-refractivity contribution >= 4 is 23.7 Å². The number of rotatable bonds is 4. The molecular formula is C27H37O11+. The lowest BCUT2D eigenvalue weighted by Gasteiger charge is -2.66. The van der Waals surface area contributed by atoms with Crippen molar-refractivity contribution < 1.29 is 53.4 Å². The van der Waals surface area contributed by atoms with Crippen molar-refractivity contribution in [2.45, 2.75) is 96.1 Å². The average molecular weight is 538 g/mol. The van der Waals surface area contributed by atoms with Crippen LogP contribution in [-0.2, 0) is 38.1 Å². The lowest BCUT2D eigenvalue weighted by Crippen LogP contribution is -2.78. The van der Waals surface area contributed by atoms with E-state index in [1.807, 2.05) is 0 Å². The molecule has 2 saturated carbocycles. The van der Waals surface area contributed by atoms with Crippen LogP contribution in [0.4, 0.5) is 0 Å². The van der Waals surface area contributed by atoms with E-state index in [-0.39, 0.29) is 25.4 Å². The number of ether oxygens (including phenoxy) is 4. The standard InChI is InChI=1S/C27H36O11/c1-7-24(4,38-12(3)28)23(34)37-17-19-26(6)21(32)16(30)18-25(5)13(11(2)8-14(29)20(25)31)9-15(36-22(17)33)27(18,19)10-35-26/h8,13,15-21,30-32H,7,9-10H2,1-6H3/p+1/t13-,15+,16+,17+,18+,19-,20+,21-,24+,25-,26-,27+/m0/s1. The highest BCUT2D eigenvalue weighted by atomic mass is 16.6. The number of hydrogen-bond acceptors (Lipinski definition) is 10. The van der Waals surface area contributed by atoms with Crippen LogP contribution in [0.15, 0.2) is 11.6 Å². The lowest BCUT2D eigenvalue weighted by atomic mass is 9.38. The molecule has 5 aliphatic rings. The van der Waals surface area contributed by atoms with Crippen LogP contribution in [0, 0.1) is 28.6 Å². The third-order valence-electron chi connectivity index (χ3n) is 10.4. The number of aliphatic hydroxyl groups excluding tert-OH is 2. The third kappa shape index (κ3) is 3.16. The van der Waals surface area contributed by atoms with Crippen LogP contribution in [0.2, 0.25) is 0 Å². The molecule has 2 bridgehead atoms. The molecule has 210 valence electrons. The third-order valence-corrected chi connectivity index (χ3v) is 10.4. The molecule has 3 aliphatic carbocycles. The van der Waals surface area contributed by atoms with Gasteiger partial charge in [-0.25, -0.2) is 9.59 Å². The van der Waals surface area contributed by atoms with Crippen LogP contribution in [-0.4, -0.2) is 87.3 Å². The van der Waals surface area contributed by atoms with E-state index in [9.17, 15) is 29.4 Å². The molecule has 2 aliphatic heterocycles. The summed E-state index contributed by atoms with van der Waals surface area (Å²) in [7, 11) is 0. The Morgan fingerprint density at radius 3 is 2.50 bits per heavy atom. The molecule has 2 heterocycles. The predicted molar refractivity (Wildman–Crippen MR) is 128 cm³/mol. The van der Waals surface area contributed by atoms with E-state index in [2.05, 4.69) is 0 Å². The van der Waals surface area contributed by atoms with Crippen LogP contribution in [0.1, 0.15) is 54.4 Å². The van der Waals surface area contributed by atoms with Crippen molar-refractivity contribution in [1.82, 2.24) is 0 Å². The molecular weight excluding hydrogens is 500 g/mol. The smallest absolute Gasteiger partial charge is 0.351 e. The van der Waals surface area contributed by atoms with Gasteiger partial charge in [0.05, 0.1) is 23.9 Å². The van der Waals surface area contributed by atoms with Gasteiger partial charge >= 0.3 is 17.9 Å². The number of esters is 3. The molecule has 0 aromatic carbocycles. The van der Waals surface area contributed by atoms with E-state index < -0.39 is 88.1 Å². The van der Waals surface area contributed by atoms with Gasteiger partial charge in [0.25, 0.3) is 0 Å². The summed E-state index contributed by atoms with van der Waals surface area (Å²) in [4.78, 5) is 51.4. The first-order chi connectivity index (χ1) is 17.6. The Morgan fingerprint density at radius 1 is 1.24 bits per heavy atom. The Bertz CT molecular complexity index is 1130. The van der Waals surface area contributed by atoms with Gasteiger partial charge in [-0.3, -0.25) is 9.59 Å². The minimum Gasteiger partial charge on any atom is -0.459 e. The van der Waals surface area contributed by atoms with E-state index in [0.29, 0.717) is 5.57 Å². The van der Waals surface area contributed by atoms with Gasteiger partial charge in [-0.1, -0.05) is 19.4 Å². The van der Waals surface area contributed by atoms with Gasteiger partial charge in [0.1, 0.15) is 17.8 Å². The van der Waals surface area contributed by atoms with E-state index >= 15 is 0 Å². The van der Waals surface area contributed by atoms with Crippen LogP contribution in [0.25, 0.3) is 0 Å². The van der Waals surface area contributed by atoms with Gasteiger partial charge in [-0.15, -0.1) is 0 Å². The van der Waals surface area contributed by atoms with E-state index in [1.165, 1.54) is 13.0 Å². The summed E-state index contributed by atoms with van der Waals surface area (Å²) in [6.45, 7) is 9.31. The minimum absolute atomic E-state index is 0.0156. The minimum atomic E-state index is -1.66. The first kappa shape index (κ1) is 27.2. The van der Waals surface area contributed by atoms with Crippen molar-refractivity contribution in [3.8, 4) is 0 Å². The van der Waals surface area contributed by atoms with E-state index in [1.54, 1.807) is 27.7 Å². The number of aliphatic hydroxyl groups is 2. The quantitative estimate of drug-likeness (QED) is 0.282. The van der Waals surface area contributed by atoms with Crippen molar-refractivity contribution in [3.63, 3.8) is 0 Å². The Morgan fingerprint density at radius 2 is 1.89 bits per heavy atom. The fourth-order valence-corrected chi connectivity index (χ4v) is 8.55.